The second-order valence-corrected chi connectivity index (χ2v) is 18.5. The van der Waals surface area contributed by atoms with E-state index in [9.17, 15) is 0 Å². The van der Waals surface area contributed by atoms with E-state index in [-0.39, 0.29) is 5.41 Å². The molecule has 0 aliphatic heterocycles. The predicted octanol–water partition coefficient (Wildman–Crippen LogP) is 15.5. The molecular formula is C58H52N4. The molecule has 62 heavy (non-hydrogen) atoms. The van der Waals surface area contributed by atoms with Crippen molar-refractivity contribution in [2.45, 2.75) is 39.0 Å². The summed E-state index contributed by atoms with van der Waals surface area (Å²) >= 11 is 0. The number of nitrogens with zero attached hydrogens (tertiary/aromatic N) is 4. The van der Waals surface area contributed by atoms with Gasteiger partial charge in [-0.25, -0.2) is 0 Å². The first-order valence-electron chi connectivity index (χ1n) is 22.0. The SMILES string of the molecule is Cc1cc(N(c2ccc(N(C)C)cc2)c2ccc3ccccc3c2)c2cc3c4c(cc(N(c5ccc(N(C)C)cc5)c5ccc6ccccc6c5)c5ccc1c2c54)CCC3(C)C. The number of hydrogen-bond donors (Lipinski definition) is 0. The van der Waals surface area contributed by atoms with Crippen LogP contribution in [-0.2, 0) is 11.8 Å². The Hall–Kier alpha value is -7.04. The van der Waals surface area contributed by atoms with Gasteiger partial charge in [0.1, 0.15) is 0 Å². The minimum Gasteiger partial charge on any atom is -0.378 e. The van der Waals surface area contributed by atoms with Gasteiger partial charge in [-0.15, -0.1) is 0 Å². The lowest BCUT2D eigenvalue weighted by Crippen LogP contribution is -2.24. The monoisotopic (exact) mass is 804 g/mol. The molecule has 0 radical (unpaired) electrons. The Balaban J connectivity index is 1.24. The van der Waals surface area contributed by atoms with Crippen LogP contribution in [0.3, 0.4) is 0 Å². The summed E-state index contributed by atoms with van der Waals surface area (Å²) in [5, 5.41) is 13.0. The highest BCUT2D eigenvalue weighted by Crippen LogP contribution is 2.54. The Morgan fingerprint density at radius 2 is 0.871 bits per heavy atom. The molecule has 0 atom stereocenters. The molecule has 0 amide bonds. The van der Waals surface area contributed by atoms with Gasteiger partial charge in [0.2, 0.25) is 0 Å². The summed E-state index contributed by atoms with van der Waals surface area (Å²) in [6.45, 7) is 7.21. The van der Waals surface area contributed by atoms with Crippen molar-refractivity contribution in [3.8, 4) is 0 Å². The van der Waals surface area contributed by atoms with Crippen LogP contribution in [-0.4, -0.2) is 28.2 Å². The van der Waals surface area contributed by atoms with E-state index in [2.05, 4.69) is 232 Å². The second kappa shape index (κ2) is 14.3. The largest absolute Gasteiger partial charge is 0.378 e. The van der Waals surface area contributed by atoms with Crippen molar-refractivity contribution >= 4 is 99.4 Å². The summed E-state index contributed by atoms with van der Waals surface area (Å²) in [4.78, 5) is 9.35. The highest BCUT2D eigenvalue weighted by Gasteiger charge is 2.33. The first kappa shape index (κ1) is 37.9. The maximum atomic E-state index is 2.57. The number of fused-ring (bicyclic) bond motifs is 2. The van der Waals surface area contributed by atoms with Gasteiger partial charge in [0, 0.05) is 78.5 Å². The Kier molecular flexibility index (Phi) is 8.73. The van der Waals surface area contributed by atoms with Crippen molar-refractivity contribution in [2.75, 3.05) is 47.8 Å². The molecule has 0 spiro atoms. The molecule has 0 bridgehead atoms. The van der Waals surface area contributed by atoms with Crippen LogP contribution in [0, 0.1) is 6.92 Å². The molecule has 1 aliphatic rings. The molecule has 4 nitrogen and oxygen atoms in total. The van der Waals surface area contributed by atoms with E-state index in [1.54, 1.807) is 0 Å². The van der Waals surface area contributed by atoms with Crippen LogP contribution in [0.15, 0.2) is 164 Å². The molecule has 1 aliphatic carbocycles. The minimum absolute atomic E-state index is 0.00929. The van der Waals surface area contributed by atoms with Gasteiger partial charge < -0.3 is 19.6 Å². The first-order chi connectivity index (χ1) is 30.0. The van der Waals surface area contributed by atoms with Gasteiger partial charge in [0.25, 0.3) is 0 Å². The van der Waals surface area contributed by atoms with E-state index in [4.69, 9.17) is 0 Å². The molecule has 10 aromatic rings. The van der Waals surface area contributed by atoms with E-state index in [0.717, 1.165) is 35.6 Å². The topological polar surface area (TPSA) is 13.0 Å². The zero-order chi connectivity index (χ0) is 42.4. The van der Waals surface area contributed by atoms with E-state index in [1.165, 1.54) is 93.3 Å². The van der Waals surface area contributed by atoms with E-state index >= 15 is 0 Å². The van der Waals surface area contributed by atoms with Crippen molar-refractivity contribution in [1.29, 1.82) is 0 Å². The fourth-order valence-corrected chi connectivity index (χ4v) is 10.3. The van der Waals surface area contributed by atoms with Gasteiger partial charge in [0.05, 0.1) is 11.4 Å². The summed E-state index contributed by atoms with van der Waals surface area (Å²) in [5.41, 5.74) is 13.5. The zero-order valence-corrected chi connectivity index (χ0v) is 36.8. The van der Waals surface area contributed by atoms with E-state index < -0.39 is 0 Å². The fraction of sp³-hybridized carbons (Fsp3) is 0.172. The quantitative estimate of drug-likeness (QED) is 0.142. The van der Waals surface area contributed by atoms with Crippen molar-refractivity contribution in [3.05, 3.63) is 180 Å². The second-order valence-electron chi connectivity index (χ2n) is 18.5. The molecule has 0 saturated heterocycles. The summed E-state index contributed by atoms with van der Waals surface area (Å²) in [6.07, 6.45) is 2.11. The Bertz CT molecular complexity index is 3340. The summed E-state index contributed by atoms with van der Waals surface area (Å²) in [6, 6.07) is 61.7. The third kappa shape index (κ3) is 6.03. The molecule has 0 heterocycles. The lowest BCUT2D eigenvalue weighted by Gasteiger charge is -2.37. The molecule has 0 N–H and O–H groups in total. The van der Waals surface area contributed by atoms with Gasteiger partial charge in [0.15, 0.2) is 0 Å². The number of aryl methyl sites for hydroxylation is 2. The van der Waals surface area contributed by atoms with Crippen molar-refractivity contribution < 1.29 is 0 Å². The van der Waals surface area contributed by atoms with Crippen molar-refractivity contribution in [2.24, 2.45) is 0 Å². The van der Waals surface area contributed by atoms with Crippen LogP contribution < -0.4 is 19.6 Å². The Morgan fingerprint density at radius 3 is 1.40 bits per heavy atom. The first-order valence-corrected chi connectivity index (χ1v) is 22.0. The number of hydrogen-bond acceptors (Lipinski definition) is 4. The smallest absolute Gasteiger partial charge is 0.0543 e. The number of rotatable bonds is 8. The van der Waals surface area contributed by atoms with E-state index in [0.29, 0.717) is 0 Å². The lowest BCUT2D eigenvalue weighted by atomic mass is 9.70. The van der Waals surface area contributed by atoms with Crippen molar-refractivity contribution in [1.82, 2.24) is 0 Å². The maximum absolute atomic E-state index is 2.57. The Labute approximate surface area is 365 Å². The zero-order valence-electron chi connectivity index (χ0n) is 36.8. The van der Waals surface area contributed by atoms with Gasteiger partial charge in [-0.1, -0.05) is 86.6 Å². The fourth-order valence-electron chi connectivity index (χ4n) is 10.3. The lowest BCUT2D eigenvalue weighted by molar-refractivity contribution is 0.475. The standard InChI is InChI=1S/C58H52N4/c1-37-32-53(61(45-24-20-43(21-25-45)59(4)5)47-18-16-38-12-8-10-14-40(38)33-47)51-36-52-55-42(30-31-58(52,2)3)35-54(50-29-28-49(37)56(51)57(50)55)62(46-26-22-44(23-27-46)60(6)7)48-19-17-39-13-9-11-15-41(39)34-48/h8-29,32-36H,30-31H2,1-7H3. The number of benzene rings is 10. The molecule has 0 aromatic heterocycles. The average Bonchev–Trinajstić information content (AvgIpc) is 3.28. The third-order valence-electron chi connectivity index (χ3n) is 13.7. The van der Waals surface area contributed by atoms with E-state index in [1.807, 2.05) is 0 Å². The highest BCUT2D eigenvalue weighted by molar-refractivity contribution is 6.30. The maximum Gasteiger partial charge on any atom is 0.0543 e. The number of anilines is 8. The van der Waals surface area contributed by atoms with Crippen LogP contribution in [0.25, 0.3) is 53.9 Å². The molecular weight excluding hydrogens is 753 g/mol. The third-order valence-corrected chi connectivity index (χ3v) is 13.7. The summed E-state index contributed by atoms with van der Waals surface area (Å²) in [5.74, 6) is 0. The molecule has 10 aromatic carbocycles. The highest BCUT2D eigenvalue weighted by atomic mass is 15.2. The van der Waals surface area contributed by atoms with Crippen LogP contribution in [0.5, 0.6) is 0 Å². The van der Waals surface area contributed by atoms with Crippen LogP contribution in [0.2, 0.25) is 0 Å². The molecule has 0 saturated carbocycles. The van der Waals surface area contributed by atoms with Gasteiger partial charge in [-0.05, 0) is 171 Å². The summed E-state index contributed by atoms with van der Waals surface area (Å²) in [7, 11) is 8.43. The molecule has 0 fully saturated rings. The van der Waals surface area contributed by atoms with Gasteiger partial charge >= 0.3 is 0 Å². The average molecular weight is 805 g/mol. The molecule has 304 valence electrons. The predicted molar refractivity (Wildman–Crippen MR) is 269 cm³/mol. The normalized spacial score (nSPS) is 13.4. The molecule has 0 unspecified atom stereocenters. The molecule has 4 heteroatoms. The van der Waals surface area contributed by atoms with Crippen LogP contribution >= 0.6 is 0 Å². The van der Waals surface area contributed by atoms with Gasteiger partial charge in [-0.3, -0.25) is 0 Å². The minimum atomic E-state index is -0.00929. The van der Waals surface area contributed by atoms with Crippen molar-refractivity contribution in [3.63, 3.8) is 0 Å². The summed E-state index contributed by atoms with van der Waals surface area (Å²) < 4.78 is 0. The molecule has 11 rings (SSSR count). The van der Waals surface area contributed by atoms with Gasteiger partial charge in [-0.2, -0.15) is 0 Å². The van der Waals surface area contributed by atoms with Crippen LogP contribution in [0.1, 0.15) is 37.0 Å². The Morgan fingerprint density at radius 1 is 0.403 bits per heavy atom. The van der Waals surface area contributed by atoms with Crippen LogP contribution in [0.4, 0.5) is 45.5 Å².